The molecule has 0 spiro atoms. The number of aromatic nitrogens is 1. The predicted octanol–water partition coefficient (Wildman–Crippen LogP) is 4.49. The SMILES string of the molecule is COc1ccc2[nH]c(C)c(CC(=O)N[C@@H](CCCCNC(=O)NOC(=O)C(F)(F)F)C3=[N+]C=C(c4ccc5ccccc5c4)N3)c2c1. The molecule has 3 aromatic carbocycles. The summed E-state index contributed by atoms with van der Waals surface area (Å²) >= 11 is 0. The quantitative estimate of drug-likeness (QED) is 0.119. The lowest BCUT2D eigenvalue weighted by Crippen LogP contribution is -2.47. The van der Waals surface area contributed by atoms with Crippen LogP contribution in [0.1, 0.15) is 36.1 Å². The molecule has 245 valence electrons. The zero-order chi connectivity index (χ0) is 33.6. The number of aryl methyl sites for hydroxylation is 1. The van der Waals surface area contributed by atoms with Crippen molar-refractivity contribution >= 4 is 51.1 Å². The van der Waals surface area contributed by atoms with E-state index < -0.39 is 24.2 Å². The van der Waals surface area contributed by atoms with Crippen LogP contribution in [0.15, 0.2) is 66.9 Å². The Morgan fingerprint density at radius 1 is 1.00 bits per heavy atom. The smallest absolute Gasteiger partial charge is 0.493 e. The largest absolute Gasteiger partial charge is 0.497 e. The summed E-state index contributed by atoms with van der Waals surface area (Å²) in [4.78, 5) is 47.6. The molecule has 1 aromatic heterocycles. The monoisotopic (exact) mass is 650 g/mol. The van der Waals surface area contributed by atoms with Gasteiger partial charge in [0.2, 0.25) is 5.91 Å². The van der Waals surface area contributed by atoms with Crippen molar-refractivity contribution in [3.63, 3.8) is 0 Å². The number of unbranched alkanes of at least 4 members (excludes halogenated alkanes) is 1. The van der Waals surface area contributed by atoms with Crippen LogP contribution in [-0.4, -0.2) is 54.6 Å². The number of amidine groups is 1. The number of H-pyrrole nitrogens is 1. The molecule has 0 bridgehead atoms. The number of hydrogen-bond acceptors (Lipinski definition) is 7. The van der Waals surface area contributed by atoms with E-state index in [0.29, 0.717) is 30.8 Å². The summed E-state index contributed by atoms with van der Waals surface area (Å²) in [7, 11) is 1.58. The van der Waals surface area contributed by atoms with Gasteiger partial charge >= 0.3 is 24.0 Å². The minimum atomic E-state index is -5.23. The van der Waals surface area contributed by atoms with Crippen LogP contribution in [0.2, 0.25) is 0 Å². The Hall–Kier alpha value is -5.53. The summed E-state index contributed by atoms with van der Waals surface area (Å²) in [6.45, 7) is 1.98. The molecule has 1 radical (unpaired) electrons. The van der Waals surface area contributed by atoms with Crippen LogP contribution in [0.5, 0.6) is 5.75 Å². The standard InChI is InChI=1S/C33H33F3N6O5/c1-19-24(25-16-23(46-2)12-13-26(25)39-19)17-29(43)40-27(9-5-6-14-37-32(45)42-47-31(44)33(34,35)36)30-38-18-28(41-30)22-11-10-20-7-3-4-8-21(20)15-22/h3-4,7-8,10-13,15-16,18,27,39,41H,5-6,9,14,17H2,1-2H3,(H,40,43)(H2,37,42,45)/q+1/t27-/m0/s1. The molecule has 5 rings (SSSR count). The molecule has 0 saturated carbocycles. The van der Waals surface area contributed by atoms with Crippen molar-refractivity contribution in [2.75, 3.05) is 13.7 Å². The van der Waals surface area contributed by atoms with Crippen LogP contribution in [0, 0.1) is 6.92 Å². The number of aliphatic imine (C=N–C) groups is 1. The minimum Gasteiger partial charge on any atom is -0.497 e. The van der Waals surface area contributed by atoms with Crippen LogP contribution in [0.3, 0.4) is 0 Å². The number of methoxy groups -OCH3 is 1. The molecule has 0 fully saturated rings. The van der Waals surface area contributed by atoms with E-state index >= 15 is 0 Å². The number of amides is 3. The van der Waals surface area contributed by atoms with Gasteiger partial charge in [-0.1, -0.05) is 30.3 Å². The number of urea groups is 1. The van der Waals surface area contributed by atoms with Gasteiger partial charge in [-0.3, -0.25) is 4.79 Å². The average molecular weight is 651 g/mol. The van der Waals surface area contributed by atoms with E-state index in [1.807, 2.05) is 61.5 Å². The van der Waals surface area contributed by atoms with Crippen molar-refractivity contribution in [3.8, 4) is 5.75 Å². The Morgan fingerprint density at radius 3 is 2.55 bits per heavy atom. The number of hydrogen-bond donors (Lipinski definition) is 5. The van der Waals surface area contributed by atoms with Crippen molar-refractivity contribution in [2.45, 2.75) is 44.8 Å². The van der Waals surface area contributed by atoms with Crippen molar-refractivity contribution < 1.29 is 37.1 Å². The molecule has 0 unspecified atom stereocenters. The Kier molecular flexibility index (Phi) is 9.97. The van der Waals surface area contributed by atoms with Crippen molar-refractivity contribution in [1.82, 2.24) is 31.4 Å². The summed E-state index contributed by atoms with van der Waals surface area (Å²) in [6, 6.07) is 18.1. The molecular formula is C33H33F3N6O5+. The van der Waals surface area contributed by atoms with E-state index in [2.05, 4.69) is 36.8 Å². The fourth-order valence-corrected chi connectivity index (χ4v) is 5.28. The van der Waals surface area contributed by atoms with Gasteiger partial charge in [-0.25, -0.2) is 14.9 Å². The van der Waals surface area contributed by atoms with E-state index in [4.69, 9.17) is 4.74 Å². The molecule has 5 N–H and O–H groups in total. The normalized spacial score (nSPS) is 13.4. The van der Waals surface area contributed by atoms with Crippen LogP contribution < -0.4 is 31.2 Å². The van der Waals surface area contributed by atoms with E-state index in [-0.39, 0.29) is 18.9 Å². The highest BCUT2D eigenvalue weighted by molar-refractivity contribution is 6.00. The number of hydroxylamine groups is 1. The van der Waals surface area contributed by atoms with Crippen LogP contribution in [0.4, 0.5) is 18.0 Å². The van der Waals surface area contributed by atoms with Crippen molar-refractivity contribution in [2.24, 2.45) is 0 Å². The number of carbonyl (C=O) groups excluding carboxylic acids is 3. The van der Waals surface area contributed by atoms with Gasteiger partial charge in [0.05, 0.1) is 13.5 Å². The maximum atomic E-state index is 13.5. The van der Waals surface area contributed by atoms with Gasteiger partial charge in [0.15, 0.2) is 11.9 Å². The Balaban J connectivity index is 1.22. The number of halogens is 3. The van der Waals surface area contributed by atoms with Gasteiger partial charge in [-0.2, -0.15) is 18.7 Å². The molecule has 1 aliphatic rings. The fourth-order valence-electron chi connectivity index (χ4n) is 5.28. The molecule has 11 nitrogen and oxygen atoms in total. The Bertz CT molecular complexity index is 1870. The molecule has 1 atom stereocenters. The molecule has 14 heteroatoms. The number of nitrogens with zero attached hydrogens (tertiary/aromatic N) is 1. The Morgan fingerprint density at radius 2 is 1.79 bits per heavy atom. The maximum absolute atomic E-state index is 13.5. The first-order valence-electron chi connectivity index (χ1n) is 14.8. The summed E-state index contributed by atoms with van der Waals surface area (Å²) in [5, 5.41) is 11.8. The lowest BCUT2D eigenvalue weighted by Gasteiger charge is -2.16. The number of benzene rings is 3. The van der Waals surface area contributed by atoms with Crippen LogP contribution >= 0.6 is 0 Å². The summed E-state index contributed by atoms with van der Waals surface area (Å²) in [5.74, 6) is -1.54. The van der Waals surface area contributed by atoms with Crippen molar-refractivity contribution in [3.05, 3.63) is 83.7 Å². The van der Waals surface area contributed by atoms with Gasteiger partial charge < -0.3 is 25.2 Å². The number of rotatable bonds is 11. The van der Waals surface area contributed by atoms with E-state index in [1.54, 1.807) is 13.3 Å². The number of alkyl halides is 3. The summed E-state index contributed by atoms with van der Waals surface area (Å²) in [5.41, 5.74) is 5.71. The second kappa shape index (κ2) is 14.3. The molecule has 3 amide bonds. The average Bonchev–Trinajstić information content (AvgIpc) is 3.66. The number of aromatic amines is 1. The zero-order valence-corrected chi connectivity index (χ0v) is 25.6. The first-order valence-corrected chi connectivity index (χ1v) is 14.8. The molecule has 0 aliphatic carbocycles. The van der Waals surface area contributed by atoms with Gasteiger partial charge in [-0.05, 0) is 77.8 Å². The lowest BCUT2D eigenvalue weighted by molar-refractivity contribution is -0.204. The number of fused-ring (bicyclic) bond motifs is 2. The van der Waals surface area contributed by atoms with Crippen LogP contribution in [0.25, 0.3) is 27.4 Å². The third kappa shape index (κ3) is 8.20. The topological polar surface area (TPSA) is 148 Å². The maximum Gasteiger partial charge on any atom is 0.493 e. The van der Waals surface area contributed by atoms with Gasteiger partial charge in [0, 0.05) is 28.7 Å². The predicted molar refractivity (Wildman–Crippen MR) is 170 cm³/mol. The lowest BCUT2D eigenvalue weighted by atomic mass is 10.0. The highest BCUT2D eigenvalue weighted by atomic mass is 19.4. The third-order valence-electron chi connectivity index (χ3n) is 7.66. The van der Waals surface area contributed by atoms with Crippen molar-refractivity contribution in [1.29, 1.82) is 0 Å². The molecular weight excluding hydrogens is 617 g/mol. The summed E-state index contributed by atoms with van der Waals surface area (Å²) < 4.78 is 42.1. The molecule has 4 aromatic rings. The first-order chi connectivity index (χ1) is 22.5. The van der Waals surface area contributed by atoms with Gasteiger partial charge in [-0.15, -0.1) is 0 Å². The fraction of sp³-hybridized carbons (Fsp3) is 0.273. The van der Waals surface area contributed by atoms with Crippen LogP contribution in [-0.2, 0) is 20.8 Å². The van der Waals surface area contributed by atoms with E-state index in [1.165, 1.54) is 5.48 Å². The first kappa shape index (κ1) is 32.9. The molecule has 0 saturated heterocycles. The van der Waals surface area contributed by atoms with Gasteiger partial charge in [0.25, 0.3) is 0 Å². The molecule has 2 heterocycles. The molecule has 47 heavy (non-hydrogen) atoms. The van der Waals surface area contributed by atoms with E-state index in [0.717, 1.165) is 44.2 Å². The Labute approximate surface area is 267 Å². The number of carbonyl (C=O) groups is 3. The second-order valence-electron chi connectivity index (χ2n) is 10.9. The molecule has 1 aliphatic heterocycles. The highest BCUT2D eigenvalue weighted by Gasteiger charge is 2.42. The number of ether oxygens (including phenoxy) is 1. The van der Waals surface area contributed by atoms with Gasteiger partial charge in [0.1, 0.15) is 11.8 Å². The van der Waals surface area contributed by atoms with E-state index in [9.17, 15) is 27.6 Å². The summed E-state index contributed by atoms with van der Waals surface area (Å²) in [6.07, 6.45) is -2.07. The minimum absolute atomic E-state index is 0.0763. The highest BCUT2D eigenvalue weighted by Crippen LogP contribution is 2.27. The zero-order valence-electron chi connectivity index (χ0n) is 25.6. The second-order valence-corrected chi connectivity index (χ2v) is 10.9. The number of nitrogens with one attached hydrogen (secondary N) is 5. The third-order valence-corrected chi connectivity index (χ3v) is 7.66.